The third-order valence-corrected chi connectivity index (χ3v) is 6.23. The molecule has 0 saturated heterocycles. The molecular formula is C21H32IN5O2S. The number of benzene rings is 1. The fourth-order valence-electron chi connectivity index (χ4n) is 3.59. The number of aryl methyl sites for hydroxylation is 2. The summed E-state index contributed by atoms with van der Waals surface area (Å²) in [6.45, 7) is 8.58. The lowest BCUT2D eigenvalue weighted by molar-refractivity contribution is 0.256. The number of methoxy groups -OCH3 is 2. The molecule has 3 rings (SSSR count). The molecule has 2 N–H and O–H groups in total. The molecule has 0 bridgehead atoms. The van der Waals surface area contributed by atoms with Crippen LogP contribution in [0.1, 0.15) is 26.7 Å². The molecule has 0 saturated carbocycles. The van der Waals surface area contributed by atoms with E-state index in [0.717, 1.165) is 67.3 Å². The number of halogens is 1. The van der Waals surface area contributed by atoms with Gasteiger partial charge in [-0.1, -0.05) is 0 Å². The Labute approximate surface area is 200 Å². The van der Waals surface area contributed by atoms with Crippen LogP contribution >= 0.6 is 35.3 Å². The molecule has 1 aromatic heterocycles. The molecule has 30 heavy (non-hydrogen) atoms. The van der Waals surface area contributed by atoms with Crippen molar-refractivity contribution in [1.29, 1.82) is 0 Å². The summed E-state index contributed by atoms with van der Waals surface area (Å²) in [6, 6.07) is 4.21. The highest BCUT2D eigenvalue weighted by Crippen LogP contribution is 2.33. The molecular weight excluding hydrogens is 513 g/mol. The van der Waals surface area contributed by atoms with E-state index < -0.39 is 0 Å². The molecule has 0 amide bonds. The second-order valence-corrected chi connectivity index (χ2v) is 8.38. The van der Waals surface area contributed by atoms with Crippen LogP contribution in [0.5, 0.6) is 11.5 Å². The van der Waals surface area contributed by atoms with E-state index >= 15 is 0 Å². The first-order valence-electron chi connectivity index (χ1n) is 9.87. The van der Waals surface area contributed by atoms with Crippen molar-refractivity contribution in [3.8, 4) is 11.5 Å². The zero-order chi connectivity index (χ0) is 20.8. The molecule has 0 atom stereocenters. The number of aromatic nitrogens is 1. The number of hydrogen-bond acceptors (Lipinski definition) is 6. The van der Waals surface area contributed by atoms with Gasteiger partial charge in [-0.05, 0) is 43.5 Å². The number of ether oxygens (including phenoxy) is 2. The van der Waals surface area contributed by atoms with E-state index in [4.69, 9.17) is 9.47 Å². The van der Waals surface area contributed by atoms with Gasteiger partial charge in [0.1, 0.15) is 0 Å². The third-order valence-electron chi connectivity index (χ3n) is 5.16. The van der Waals surface area contributed by atoms with Gasteiger partial charge in [-0.15, -0.1) is 35.3 Å². The number of nitrogens with one attached hydrogen (secondary N) is 2. The molecule has 1 aliphatic heterocycles. The minimum absolute atomic E-state index is 0. The molecule has 0 aliphatic carbocycles. The van der Waals surface area contributed by atoms with Gasteiger partial charge >= 0.3 is 0 Å². The van der Waals surface area contributed by atoms with Crippen LogP contribution in [0.25, 0.3) is 0 Å². The highest BCUT2D eigenvalue weighted by molar-refractivity contribution is 14.0. The Morgan fingerprint density at radius 3 is 2.47 bits per heavy atom. The van der Waals surface area contributed by atoms with E-state index in [1.54, 1.807) is 32.6 Å². The maximum absolute atomic E-state index is 5.45. The smallest absolute Gasteiger partial charge is 0.191 e. The highest BCUT2D eigenvalue weighted by atomic mass is 127. The molecule has 1 aromatic carbocycles. The Morgan fingerprint density at radius 1 is 1.17 bits per heavy atom. The number of rotatable bonds is 7. The maximum atomic E-state index is 5.45. The lowest BCUT2D eigenvalue weighted by Gasteiger charge is -2.29. The van der Waals surface area contributed by atoms with Crippen LogP contribution in [0.4, 0.5) is 0 Å². The van der Waals surface area contributed by atoms with Crippen LogP contribution in [0.3, 0.4) is 0 Å². The van der Waals surface area contributed by atoms with Crippen LogP contribution in [0.2, 0.25) is 0 Å². The molecule has 0 spiro atoms. The first kappa shape index (κ1) is 24.7. The van der Waals surface area contributed by atoms with E-state index in [9.17, 15) is 0 Å². The Morgan fingerprint density at radius 2 is 1.87 bits per heavy atom. The van der Waals surface area contributed by atoms with Crippen molar-refractivity contribution < 1.29 is 9.47 Å². The lowest BCUT2D eigenvalue weighted by atomic mass is 9.99. The number of nitrogens with zero attached hydrogens (tertiary/aromatic N) is 3. The van der Waals surface area contributed by atoms with Crippen molar-refractivity contribution in [2.24, 2.45) is 4.99 Å². The van der Waals surface area contributed by atoms with E-state index in [-0.39, 0.29) is 24.0 Å². The van der Waals surface area contributed by atoms with Gasteiger partial charge in [0.15, 0.2) is 17.5 Å². The molecule has 0 radical (unpaired) electrons. The summed E-state index contributed by atoms with van der Waals surface area (Å²) >= 11 is 1.73. The minimum atomic E-state index is 0. The number of hydrogen-bond donors (Lipinski definition) is 2. The summed E-state index contributed by atoms with van der Waals surface area (Å²) in [4.78, 5) is 12.5. The average Bonchev–Trinajstić information content (AvgIpc) is 3.06. The number of thiazole rings is 1. The van der Waals surface area contributed by atoms with Crippen molar-refractivity contribution >= 4 is 41.3 Å². The Bertz CT molecular complexity index is 871. The monoisotopic (exact) mass is 545 g/mol. The summed E-state index contributed by atoms with van der Waals surface area (Å²) in [5.74, 6) is 2.42. The molecule has 166 valence electrons. The van der Waals surface area contributed by atoms with Crippen molar-refractivity contribution in [1.82, 2.24) is 20.5 Å². The zero-order valence-corrected chi connectivity index (χ0v) is 21.5. The fourth-order valence-corrected chi connectivity index (χ4v) is 4.46. The normalized spacial score (nSPS) is 14.0. The van der Waals surface area contributed by atoms with Crippen LogP contribution < -0.4 is 20.1 Å². The van der Waals surface area contributed by atoms with Gasteiger partial charge in [-0.2, -0.15) is 0 Å². The summed E-state index contributed by atoms with van der Waals surface area (Å²) in [7, 11) is 5.17. The van der Waals surface area contributed by atoms with Crippen LogP contribution in [0.15, 0.2) is 17.1 Å². The zero-order valence-electron chi connectivity index (χ0n) is 18.4. The van der Waals surface area contributed by atoms with Gasteiger partial charge in [0.25, 0.3) is 0 Å². The number of guanidine groups is 1. The topological polar surface area (TPSA) is 71.0 Å². The largest absolute Gasteiger partial charge is 0.493 e. The summed E-state index contributed by atoms with van der Waals surface area (Å²) in [5, 5.41) is 7.90. The standard InChI is InChI=1S/C21H31N5O2S.HI/c1-14-20(29-15(2)25-14)12-24-21(22-3)23-7-9-26-8-6-16-10-18(27-4)19(28-5)11-17(16)13-26;/h10-11H,6-9,12-13H2,1-5H3,(H2,22,23,24);1H. The second-order valence-electron chi connectivity index (χ2n) is 7.10. The molecule has 0 unspecified atom stereocenters. The van der Waals surface area contributed by atoms with Crippen LogP contribution in [-0.2, 0) is 19.5 Å². The molecule has 7 nitrogen and oxygen atoms in total. The Kier molecular flexibility index (Phi) is 9.63. The molecule has 0 fully saturated rings. The SMILES string of the molecule is CN=C(NCCN1CCc2cc(OC)c(OC)cc2C1)NCc1sc(C)nc1C.I. The first-order valence-corrected chi connectivity index (χ1v) is 10.7. The van der Waals surface area contributed by atoms with Crippen molar-refractivity contribution in [2.75, 3.05) is 40.9 Å². The maximum Gasteiger partial charge on any atom is 0.191 e. The molecule has 2 aromatic rings. The van der Waals surface area contributed by atoms with Gasteiger partial charge in [0, 0.05) is 38.1 Å². The number of aliphatic imine (C=N–C) groups is 1. The van der Waals surface area contributed by atoms with Crippen LogP contribution in [-0.4, -0.2) is 56.7 Å². The van der Waals surface area contributed by atoms with Gasteiger partial charge in [-0.25, -0.2) is 4.98 Å². The highest BCUT2D eigenvalue weighted by Gasteiger charge is 2.19. The summed E-state index contributed by atoms with van der Waals surface area (Å²) in [5.41, 5.74) is 3.75. The first-order chi connectivity index (χ1) is 14.0. The Balaban J connectivity index is 0.00000320. The van der Waals surface area contributed by atoms with Gasteiger partial charge in [0.2, 0.25) is 0 Å². The van der Waals surface area contributed by atoms with Gasteiger partial charge in [-0.3, -0.25) is 9.89 Å². The molecule has 9 heteroatoms. The quantitative estimate of drug-likeness (QED) is 0.317. The lowest BCUT2D eigenvalue weighted by Crippen LogP contribution is -2.42. The predicted octanol–water partition coefficient (Wildman–Crippen LogP) is 3.12. The summed E-state index contributed by atoms with van der Waals surface area (Å²) < 4.78 is 10.9. The van der Waals surface area contributed by atoms with Crippen LogP contribution in [0, 0.1) is 13.8 Å². The minimum Gasteiger partial charge on any atom is -0.493 e. The van der Waals surface area contributed by atoms with E-state index in [1.807, 2.05) is 6.92 Å². The fraction of sp³-hybridized carbons (Fsp3) is 0.524. The van der Waals surface area contributed by atoms with E-state index in [1.165, 1.54) is 16.0 Å². The van der Waals surface area contributed by atoms with Gasteiger partial charge in [0.05, 0.1) is 31.5 Å². The second kappa shape index (κ2) is 11.7. The van der Waals surface area contributed by atoms with Gasteiger partial charge < -0.3 is 20.1 Å². The van der Waals surface area contributed by atoms with E-state index in [2.05, 4.69) is 44.6 Å². The van der Waals surface area contributed by atoms with Crippen molar-refractivity contribution in [3.05, 3.63) is 38.8 Å². The molecule has 2 heterocycles. The average molecular weight is 545 g/mol. The van der Waals surface area contributed by atoms with Crippen molar-refractivity contribution in [2.45, 2.75) is 33.4 Å². The third kappa shape index (κ3) is 6.21. The molecule has 1 aliphatic rings. The van der Waals surface area contributed by atoms with E-state index in [0.29, 0.717) is 0 Å². The number of fused-ring (bicyclic) bond motifs is 1. The summed E-state index contributed by atoms with van der Waals surface area (Å²) in [6.07, 6.45) is 1.02. The Hall–Kier alpha value is -1.59. The predicted molar refractivity (Wildman–Crippen MR) is 134 cm³/mol. The van der Waals surface area contributed by atoms with Crippen molar-refractivity contribution in [3.63, 3.8) is 0 Å².